The lowest BCUT2D eigenvalue weighted by atomic mass is 9.88. The van der Waals surface area contributed by atoms with Crippen molar-refractivity contribution in [2.75, 3.05) is 0 Å². The fourth-order valence-corrected chi connectivity index (χ4v) is 6.14. The number of hydrogen-bond donors (Lipinski definition) is 0. The molecule has 0 radical (unpaired) electrons. The van der Waals surface area contributed by atoms with Crippen LogP contribution in [0.4, 0.5) is 26.3 Å². The second kappa shape index (κ2) is 8.00. The van der Waals surface area contributed by atoms with Crippen LogP contribution in [-0.4, -0.2) is 52.4 Å². The lowest BCUT2D eigenvalue weighted by Gasteiger charge is -2.44. The van der Waals surface area contributed by atoms with Crippen LogP contribution in [0.5, 0.6) is 0 Å². The van der Waals surface area contributed by atoms with Gasteiger partial charge in [-0.1, -0.05) is 12.2 Å². The van der Waals surface area contributed by atoms with Gasteiger partial charge in [-0.05, 0) is 23.2 Å². The van der Waals surface area contributed by atoms with E-state index in [1.165, 1.54) is 0 Å². The Bertz CT molecular complexity index is 779. The molecule has 6 atom stereocenters. The van der Waals surface area contributed by atoms with E-state index in [-0.39, 0.29) is 11.8 Å². The Kier molecular flexibility index (Phi) is 6.87. The van der Waals surface area contributed by atoms with Crippen LogP contribution in [0.25, 0.3) is 0 Å². The van der Waals surface area contributed by atoms with Crippen LogP contribution in [0.2, 0.25) is 0 Å². The maximum absolute atomic E-state index is 13.7. The number of nitrogens with zero attached hydrogens (tertiary/aromatic N) is 2. The zero-order valence-electron chi connectivity index (χ0n) is 14.6. The van der Waals surface area contributed by atoms with Gasteiger partial charge in [-0.3, -0.25) is 20.2 Å². The minimum absolute atomic E-state index is 0.00595. The van der Waals surface area contributed by atoms with Gasteiger partial charge in [-0.15, -0.1) is 35.0 Å². The predicted molar refractivity (Wildman–Crippen MR) is 103 cm³/mol. The fourth-order valence-electron chi connectivity index (χ4n) is 3.05. The molecule has 0 aliphatic heterocycles. The number of hydrogen-bond acceptors (Lipinski definition) is 5. The van der Waals surface area contributed by atoms with Crippen molar-refractivity contribution in [3.8, 4) is 0 Å². The normalized spacial score (nSPS) is 41.2. The second-order valence-corrected chi connectivity index (χ2v) is 10.9. The summed E-state index contributed by atoms with van der Waals surface area (Å²) in [6.45, 7) is 0. The van der Waals surface area contributed by atoms with Crippen molar-refractivity contribution in [2.24, 2.45) is 0 Å². The maximum atomic E-state index is 13.7. The highest BCUT2D eigenvalue weighted by Crippen LogP contribution is 2.58. The van der Waals surface area contributed by atoms with Crippen molar-refractivity contribution in [3.05, 3.63) is 44.5 Å². The zero-order chi connectivity index (χ0) is 24.3. The fraction of sp³-hybridized carbons (Fsp3) is 0.714. The summed E-state index contributed by atoms with van der Waals surface area (Å²) in [5.41, 5.74) is 0. The van der Waals surface area contributed by atoms with Gasteiger partial charge in [0.05, 0.1) is 23.3 Å². The van der Waals surface area contributed by atoms with Crippen LogP contribution < -0.4 is 0 Å². The molecule has 0 aromatic carbocycles. The van der Waals surface area contributed by atoms with Gasteiger partial charge in [0.1, 0.15) is 0 Å². The van der Waals surface area contributed by atoms with E-state index in [2.05, 4.69) is 0 Å². The van der Waals surface area contributed by atoms with E-state index in [1.54, 1.807) is 0 Å². The molecule has 6 nitrogen and oxygen atoms in total. The van der Waals surface area contributed by atoms with Gasteiger partial charge in [-0.25, -0.2) is 0 Å². The number of alkyl halides is 10. The minimum atomic E-state index is -5.32. The van der Waals surface area contributed by atoms with E-state index in [1.807, 2.05) is 0 Å². The van der Waals surface area contributed by atoms with E-state index in [0.29, 0.717) is 24.3 Å². The summed E-state index contributed by atoms with van der Waals surface area (Å²) < 4.78 is 82.5. The van der Waals surface area contributed by atoms with Crippen LogP contribution in [-0.2, 0) is 0 Å². The van der Waals surface area contributed by atoms with Gasteiger partial charge in [-0.2, -0.15) is 26.3 Å². The molecule has 2 aliphatic carbocycles. The highest BCUT2D eigenvalue weighted by Gasteiger charge is 2.69. The summed E-state index contributed by atoms with van der Waals surface area (Å²) in [5.74, 6) is 0. The number of nitro groups is 2. The van der Waals surface area contributed by atoms with Crippen molar-refractivity contribution < 1.29 is 36.2 Å². The van der Waals surface area contributed by atoms with Crippen LogP contribution in [0.3, 0.4) is 0 Å². The van der Waals surface area contributed by atoms with Gasteiger partial charge >= 0.3 is 22.3 Å². The van der Waals surface area contributed by atoms with Crippen molar-refractivity contribution in [3.63, 3.8) is 0 Å². The van der Waals surface area contributed by atoms with E-state index in [4.69, 9.17) is 46.4 Å². The summed E-state index contributed by atoms with van der Waals surface area (Å²) in [5, 5.41) is 18.2. The van der Waals surface area contributed by atoms with Gasteiger partial charge in [0.2, 0.25) is 0 Å². The molecule has 0 amide bonds. The van der Waals surface area contributed by atoms with Crippen molar-refractivity contribution in [1.29, 1.82) is 0 Å². The molecule has 17 heteroatoms. The highest BCUT2D eigenvalue weighted by molar-refractivity contribution is 8.01. The Morgan fingerprint density at radius 3 is 1.29 bits per heavy atom. The Hall–Kier alpha value is -0.630. The molecule has 0 heterocycles. The van der Waals surface area contributed by atoms with Gasteiger partial charge < -0.3 is 0 Å². The second-order valence-electron chi connectivity index (χ2n) is 6.92. The SMILES string of the molecule is O=[N+]([O-])C1(Cl)C=CC(SC2C=CC(Cl)([N+](=O)[O-])CC2(Cl)C(F)(F)F)C(Cl)(C(F)(F)F)C1. The molecular formula is C14H10Cl4F6N2O4S. The first-order valence-electron chi connectivity index (χ1n) is 7.94. The third-order valence-electron chi connectivity index (χ3n) is 4.81. The predicted octanol–water partition coefficient (Wildman–Crippen LogP) is 5.88. The van der Waals surface area contributed by atoms with Crippen LogP contribution in [0.15, 0.2) is 24.3 Å². The van der Waals surface area contributed by atoms with Crippen LogP contribution in [0, 0.1) is 20.2 Å². The van der Waals surface area contributed by atoms with Gasteiger partial charge in [0.15, 0.2) is 9.75 Å². The van der Waals surface area contributed by atoms with E-state index >= 15 is 0 Å². The zero-order valence-corrected chi connectivity index (χ0v) is 18.4. The molecule has 6 unspecified atom stereocenters. The van der Waals surface area contributed by atoms with Crippen molar-refractivity contribution in [2.45, 2.75) is 55.4 Å². The Labute approximate surface area is 194 Å². The summed E-state index contributed by atoms with van der Waals surface area (Å²) in [6.07, 6.45) is -11.3. The molecule has 0 aromatic rings. The molecular weight excluding hydrogens is 548 g/mol. The molecule has 0 N–H and O–H groups in total. The smallest absolute Gasteiger partial charge is 0.262 e. The molecule has 0 fully saturated rings. The largest absolute Gasteiger partial charge is 0.409 e. The van der Waals surface area contributed by atoms with E-state index in [9.17, 15) is 46.6 Å². The number of halogens is 10. The summed E-state index contributed by atoms with van der Waals surface area (Å²) in [4.78, 5) is 7.40. The number of thioether (sulfide) groups is 1. The molecule has 0 bridgehead atoms. The summed E-state index contributed by atoms with van der Waals surface area (Å²) in [7, 11) is 0. The Morgan fingerprint density at radius 2 is 1.06 bits per heavy atom. The summed E-state index contributed by atoms with van der Waals surface area (Å²) >= 11 is 22.6. The molecule has 0 saturated heterocycles. The van der Waals surface area contributed by atoms with Crippen LogP contribution in [0.1, 0.15) is 12.8 Å². The summed E-state index contributed by atoms with van der Waals surface area (Å²) in [6, 6.07) is 0. The molecule has 0 saturated carbocycles. The standard InChI is InChI=1S/C14H10Cl4F6N2O4S/c15-9(25(27)28)3-1-7(11(17,5-9)13(19,20)21)31-8-2-4-10(16,26(29)30)6-12(8,18)14(22,23)24/h1-4,7-8H,5-6H2. The Morgan fingerprint density at radius 1 is 0.774 bits per heavy atom. The van der Waals surface area contributed by atoms with Gasteiger partial charge in [0.25, 0.3) is 0 Å². The van der Waals surface area contributed by atoms with E-state index < -0.39 is 65.3 Å². The highest BCUT2D eigenvalue weighted by atomic mass is 35.5. The third-order valence-corrected chi connectivity index (χ3v) is 8.73. The maximum Gasteiger partial charge on any atom is 0.409 e. The van der Waals surface area contributed by atoms with Gasteiger partial charge in [0, 0.05) is 22.0 Å². The first kappa shape index (κ1) is 26.6. The third kappa shape index (κ3) is 4.57. The monoisotopic (exact) mass is 556 g/mol. The topological polar surface area (TPSA) is 86.3 Å². The van der Waals surface area contributed by atoms with Crippen molar-refractivity contribution >= 4 is 58.2 Å². The average molecular weight is 558 g/mol. The van der Waals surface area contributed by atoms with E-state index in [0.717, 1.165) is 0 Å². The Balaban J connectivity index is 2.55. The average Bonchev–Trinajstić information content (AvgIpc) is 2.57. The molecule has 0 spiro atoms. The molecule has 2 aliphatic rings. The molecule has 31 heavy (non-hydrogen) atoms. The van der Waals surface area contributed by atoms with Crippen molar-refractivity contribution in [1.82, 2.24) is 0 Å². The first-order chi connectivity index (χ1) is 13.7. The molecule has 0 aromatic heterocycles. The molecule has 176 valence electrons. The number of rotatable bonds is 4. The lowest BCUT2D eigenvalue weighted by Crippen LogP contribution is -2.59. The quantitative estimate of drug-likeness (QED) is 0.108. The van der Waals surface area contributed by atoms with Crippen LogP contribution >= 0.6 is 58.2 Å². The minimum Gasteiger partial charge on any atom is -0.262 e. The first-order valence-corrected chi connectivity index (χ1v) is 10.4. The lowest BCUT2D eigenvalue weighted by molar-refractivity contribution is -0.531. The molecule has 2 rings (SSSR count).